The van der Waals surface area contributed by atoms with E-state index >= 15 is 0 Å². The number of aromatic nitrogens is 3. The van der Waals surface area contributed by atoms with Crippen LogP contribution in [-0.2, 0) is 9.47 Å². The van der Waals surface area contributed by atoms with Crippen LogP contribution in [0.15, 0.2) is 18.5 Å². The van der Waals surface area contributed by atoms with Crippen molar-refractivity contribution in [1.29, 1.82) is 0 Å². The van der Waals surface area contributed by atoms with Gasteiger partial charge in [0.1, 0.15) is 16.3 Å². The predicted molar refractivity (Wildman–Crippen MR) is 98.4 cm³/mol. The molecule has 1 aliphatic rings. The van der Waals surface area contributed by atoms with E-state index in [1.54, 1.807) is 23.4 Å². The van der Waals surface area contributed by atoms with Crippen LogP contribution in [0, 0.1) is 0 Å². The topological polar surface area (TPSA) is 89.5 Å². The van der Waals surface area contributed by atoms with Gasteiger partial charge in [0.05, 0.1) is 24.8 Å². The monoisotopic (exact) mass is 379 g/mol. The van der Waals surface area contributed by atoms with E-state index < -0.39 is 5.60 Å². The molecule has 8 nitrogen and oxygen atoms in total. The van der Waals surface area contributed by atoms with E-state index in [2.05, 4.69) is 20.3 Å². The third-order valence-electron chi connectivity index (χ3n) is 3.71. The van der Waals surface area contributed by atoms with Crippen molar-refractivity contribution in [3.05, 3.63) is 23.6 Å². The first-order chi connectivity index (χ1) is 12.3. The average Bonchev–Trinajstić information content (AvgIpc) is 2.58. The lowest BCUT2D eigenvalue weighted by atomic mass is 10.2. The Kier molecular flexibility index (Phi) is 5.43. The SMILES string of the molecule is CC(C)(C)OC(=O)N1CCO[C@H](CNc2nc(Cl)cc3nccnc23)C1. The number of amides is 1. The predicted octanol–water partition coefficient (Wildman–Crippen LogP) is 2.73. The van der Waals surface area contributed by atoms with Crippen LogP contribution in [0.1, 0.15) is 20.8 Å². The highest BCUT2D eigenvalue weighted by atomic mass is 35.5. The number of anilines is 1. The number of fused-ring (bicyclic) bond motifs is 1. The van der Waals surface area contributed by atoms with Gasteiger partial charge in [-0.1, -0.05) is 11.6 Å². The van der Waals surface area contributed by atoms with Crippen LogP contribution in [0.3, 0.4) is 0 Å². The molecule has 1 aliphatic heterocycles. The molecule has 3 rings (SSSR count). The highest BCUT2D eigenvalue weighted by Crippen LogP contribution is 2.21. The minimum Gasteiger partial charge on any atom is -0.444 e. The Labute approximate surface area is 156 Å². The fourth-order valence-electron chi connectivity index (χ4n) is 2.61. The van der Waals surface area contributed by atoms with Gasteiger partial charge in [-0.3, -0.25) is 4.98 Å². The maximum Gasteiger partial charge on any atom is 0.410 e. The number of carbonyl (C=O) groups excluding carboxylic acids is 1. The van der Waals surface area contributed by atoms with E-state index in [9.17, 15) is 4.79 Å². The van der Waals surface area contributed by atoms with Gasteiger partial charge >= 0.3 is 6.09 Å². The van der Waals surface area contributed by atoms with Gasteiger partial charge in [-0.25, -0.2) is 14.8 Å². The lowest BCUT2D eigenvalue weighted by Gasteiger charge is -2.34. The van der Waals surface area contributed by atoms with Crippen molar-refractivity contribution in [3.8, 4) is 0 Å². The Morgan fingerprint density at radius 1 is 1.42 bits per heavy atom. The van der Waals surface area contributed by atoms with Gasteiger partial charge < -0.3 is 19.7 Å². The van der Waals surface area contributed by atoms with Crippen LogP contribution < -0.4 is 5.32 Å². The van der Waals surface area contributed by atoms with Gasteiger partial charge in [-0.05, 0) is 20.8 Å². The smallest absolute Gasteiger partial charge is 0.410 e. The number of hydrogen-bond donors (Lipinski definition) is 1. The standard InChI is InChI=1S/C17H22ClN5O3/c1-17(2,3)26-16(24)23-6-7-25-11(10-23)9-21-15-14-12(8-13(18)22-15)19-4-5-20-14/h4-5,8,11H,6-7,9-10H2,1-3H3,(H,21,22)/t11-/m1/s1. The van der Waals surface area contributed by atoms with Crippen molar-refractivity contribution in [2.45, 2.75) is 32.5 Å². The number of halogens is 1. The molecule has 0 aliphatic carbocycles. The molecular weight excluding hydrogens is 358 g/mol. The van der Waals surface area contributed by atoms with Gasteiger partial charge in [0.2, 0.25) is 0 Å². The van der Waals surface area contributed by atoms with Crippen molar-refractivity contribution < 1.29 is 14.3 Å². The minimum atomic E-state index is -0.522. The molecule has 1 amide bonds. The van der Waals surface area contributed by atoms with Crippen molar-refractivity contribution in [3.63, 3.8) is 0 Å². The summed E-state index contributed by atoms with van der Waals surface area (Å²) in [4.78, 5) is 26.7. The largest absolute Gasteiger partial charge is 0.444 e. The molecule has 0 aromatic carbocycles. The van der Waals surface area contributed by atoms with E-state index in [4.69, 9.17) is 21.1 Å². The average molecular weight is 380 g/mol. The van der Waals surface area contributed by atoms with Gasteiger partial charge in [0.15, 0.2) is 5.82 Å². The maximum atomic E-state index is 12.2. The number of nitrogens with zero attached hydrogens (tertiary/aromatic N) is 4. The van der Waals surface area contributed by atoms with E-state index in [1.807, 2.05) is 20.8 Å². The number of pyridine rings is 1. The summed E-state index contributed by atoms with van der Waals surface area (Å²) < 4.78 is 11.2. The van der Waals surface area contributed by atoms with Crippen LogP contribution in [0.4, 0.5) is 10.6 Å². The number of carbonyl (C=O) groups is 1. The molecule has 2 aromatic heterocycles. The van der Waals surface area contributed by atoms with Gasteiger partial charge in [-0.15, -0.1) is 0 Å². The first-order valence-corrected chi connectivity index (χ1v) is 8.80. The fourth-order valence-corrected chi connectivity index (χ4v) is 2.80. The summed E-state index contributed by atoms with van der Waals surface area (Å²) >= 11 is 6.05. The van der Waals surface area contributed by atoms with E-state index in [1.165, 1.54) is 0 Å². The number of rotatable bonds is 3. The molecule has 2 aromatic rings. The molecule has 1 saturated heterocycles. The molecule has 0 unspecified atom stereocenters. The summed E-state index contributed by atoms with van der Waals surface area (Å²) in [5.41, 5.74) is 0.775. The van der Waals surface area contributed by atoms with E-state index in [-0.39, 0.29) is 12.2 Å². The number of morpholine rings is 1. The number of ether oxygens (including phenoxy) is 2. The number of hydrogen-bond acceptors (Lipinski definition) is 7. The number of nitrogens with one attached hydrogen (secondary N) is 1. The molecule has 9 heteroatoms. The fraction of sp³-hybridized carbons (Fsp3) is 0.529. The molecule has 0 spiro atoms. The first-order valence-electron chi connectivity index (χ1n) is 8.42. The molecule has 26 heavy (non-hydrogen) atoms. The molecule has 140 valence electrons. The maximum absolute atomic E-state index is 12.2. The van der Waals surface area contributed by atoms with Crippen molar-refractivity contribution in [1.82, 2.24) is 19.9 Å². The Hall–Kier alpha value is -2.19. The first kappa shape index (κ1) is 18.6. The van der Waals surface area contributed by atoms with Crippen LogP contribution >= 0.6 is 11.6 Å². The van der Waals surface area contributed by atoms with Crippen LogP contribution in [0.25, 0.3) is 11.0 Å². The van der Waals surface area contributed by atoms with Gasteiger partial charge in [0, 0.05) is 31.5 Å². The Bertz CT molecular complexity index is 796. The van der Waals surface area contributed by atoms with Crippen LogP contribution in [0.5, 0.6) is 0 Å². The van der Waals surface area contributed by atoms with Crippen LogP contribution in [-0.4, -0.2) is 63.9 Å². The molecule has 0 bridgehead atoms. The highest BCUT2D eigenvalue weighted by molar-refractivity contribution is 6.30. The molecule has 1 N–H and O–H groups in total. The quantitative estimate of drug-likeness (QED) is 0.820. The molecule has 3 heterocycles. The van der Waals surface area contributed by atoms with Crippen molar-refractivity contribution >= 4 is 34.5 Å². The normalized spacial score (nSPS) is 18.0. The Morgan fingerprint density at radius 2 is 2.19 bits per heavy atom. The zero-order valence-corrected chi connectivity index (χ0v) is 15.8. The summed E-state index contributed by atoms with van der Waals surface area (Å²) in [6.45, 7) is 7.40. The highest BCUT2D eigenvalue weighted by Gasteiger charge is 2.28. The lowest BCUT2D eigenvalue weighted by molar-refractivity contribution is -0.0371. The van der Waals surface area contributed by atoms with Crippen molar-refractivity contribution in [2.24, 2.45) is 0 Å². The second-order valence-electron chi connectivity index (χ2n) is 7.02. The summed E-state index contributed by atoms with van der Waals surface area (Å²) in [6.07, 6.45) is 2.68. The zero-order valence-electron chi connectivity index (χ0n) is 15.0. The molecular formula is C17H22ClN5O3. The van der Waals surface area contributed by atoms with Crippen LogP contribution in [0.2, 0.25) is 5.15 Å². The third-order valence-corrected chi connectivity index (χ3v) is 3.91. The van der Waals surface area contributed by atoms with Gasteiger partial charge in [0.25, 0.3) is 0 Å². The third kappa shape index (κ3) is 4.70. The summed E-state index contributed by atoms with van der Waals surface area (Å²) in [5.74, 6) is 0.540. The summed E-state index contributed by atoms with van der Waals surface area (Å²) in [5, 5.41) is 3.54. The van der Waals surface area contributed by atoms with Gasteiger partial charge in [-0.2, -0.15) is 0 Å². The molecule has 1 atom stereocenters. The summed E-state index contributed by atoms with van der Waals surface area (Å²) in [7, 11) is 0. The molecule has 0 radical (unpaired) electrons. The van der Waals surface area contributed by atoms with Crippen molar-refractivity contribution in [2.75, 3.05) is 31.6 Å². The minimum absolute atomic E-state index is 0.191. The summed E-state index contributed by atoms with van der Waals surface area (Å²) in [6, 6.07) is 1.66. The second kappa shape index (κ2) is 7.59. The Balaban J connectivity index is 1.64. The second-order valence-corrected chi connectivity index (χ2v) is 7.40. The zero-order chi connectivity index (χ0) is 18.7. The molecule has 0 saturated carbocycles. The van der Waals surface area contributed by atoms with E-state index in [0.29, 0.717) is 48.2 Å². The van der Waals surface area contributed by atoms with E-state index in [0.717, 1.165) is 0 Å². The Morgan fingerprint density at radius 3 is 2.96 bits per heavy atom. The lowest BCUT2D eigenvalue weighted by Crippen LogP contribution is -2.49. The molecule has 1 fully saturated rings.